The lowest BCUT2D eigenvalue weighted by molar-refractivity contribution is -0.117. The Morgan fingerprint density at radius 2 is 1.94 bits per heavy atom. The summed E-state index contributed by atoms with van der Waals surface area (Å²) in [6.07, 6.45) is 3.03. The maximum atomic E-state index is 11.9. The highest BCUT2D eigenvalue weighted by atomic mass is 79.9. The molecule has 0 bridgehead atoms. The molecule has 1 fully saturated rings. The third-order valence-corrected chi connectivity index (χ3v) is 4.90. The molecule has 2 nitrogen and oxygen atoms in total. The molecule has 2 rings (SSSR count). The second-order valence-electron chi connectivity index (χ2n) is 4.64. The minimum Gasteiger partial charge on any atom is -0.326 e. The van der Waals surface area contributed by atoms with Crippen LogP contribution in [-0.4, -0.2) is 17.4 Å². The Hall–Kier alpha value is -0.480. The summed E-state index contributed by atoms with van der Waals surface area (Å²) in [5, 5.41) is 3.83. The molecule has 0 unspecified atom stereocenters. The van der Waals surface area contributed by atoms with Crippen LogP contribution in [0.3, 0.4) is 0 Å². The summed E-state index contributed by atoms with van der Waals surface area (Å²) in [4.78, 5) is 11.9. The van der Waals surface area contributed by atoms with Crippen molar-refractivity contribution in [2.75, 3.05) is 16.8 Å². The first-order valence-corrected chi connectivity index (χ1v) is 8.58. The summed E-state index contributed by atoms with van der Waals surface area (Å²) in [6.45, 7) is 0. The molecule has 1 N–H and O–H groups in total. The third-order valence-electron chi connectivity index (χ3n) is 3.21. The number of rotatable bonds is 4. The van der Waals surface area contributed by atoms with Crippen LogP contribution >= 0.6 is 27.7 Å². The van der Waals surface area contributed by atoms with Gasteiger partial charge in [0, 0.05) is 17.4 Å². The molecule has 1 saturated heterocycles. The minimum atomic E-state index is 0.151. The first kappa shape index (κ1) is 13.9. The minimum absolute atomic E-state index is 0.151. The fourth-order valence-electron chi connectivity index (χ4n) is 2.10. The zero-order valence-corrected chi connectivity index (χ0v) is 12.7. The quantitative estimate of drug-likeness (QED) is 0.845. The van der Waals surface area contributed by atoms with Crippen LogP contribution in [0.15, 0.2) is 24.3 Å². The Kier molecular flexibility index (Phi) is 5.57. The number of nitrogens with one attached hydrogen (secondary N) is 1. The predicted octanol–water partition coefficient (Wildman–Crippen LogP) is 4.05. The number of amides is 1. The smallest absolute Gasteiger partial charge is 0.224 e. The molecule has 0 aromatic heterocycles. The zero-order chi connectivity index (χ0) is 12.8. The number of hydrogen-bond acceptors (Lipinski definition) is 2. The second kappa shape index (κ2) is 7.19. The topological polar surface area (TPSA) is 29.1 Å². The molecular weight excluding hydrogens is 310 g/mol. The molecule has 1 aromatic rings. The number of alkyl halides is 1. The standard InChI is InChI=1S/C14H18BrNOS/c15-10-12-1-3-13(4-2-12)16-14(17)9-11-5-7-18-8-6-11/h1-4,11H,5-10H2,(H,16,17). The lowest BCUT2D eigenvalue weighted by Crippen LogP contribution is -2.19. The van der Waals surface area contributed by atoms with Crippen molar-refractivity contribution in [1.82, 2.24) is 0 Å². The van der Waals surface area contributed by atoms with E-state index < -0.39 is 0 Å². The monoisotopic (exact) mass is 327 g/mol. The highest BCUT2D eigenvalue weighted by Gasteiger charge is 2.17. The molecule has 0 atom stereocenters. The van der Waals surface area contributed by atoms with Gasteiger partial charge in [0.15, 0.2) is 0 Å². The average molecular weight is 328 g/mol. The van der Waals surface area contributed by atoms with Gasteiger partial charge in [-0.2, -0.15) is 11.8 Å². The van der Waals surface area contributed by atoms with E-state index in [4.69, 9.17) is 0 Å². The van der Waals surface area contributed by atoms with Crippen molar-refractivity contribution in [2.45, 2.75) is 24.6 Å². The van der Waals surface area contributed by atoms with E-state index in [1.165, 1.54) is 29.9 Å². The molecule has 0 spiro atoms. The van der Waals surface area contributed by atoms with Crippen molar-refractivity contribution in [1.29, 1.82) is 0 Å². The fraction of sp³-hybridized carbons (Fsp3) is 0.500. The number of benzene rings is 1. The van der Waals surface area contributed by atoms with Crippen molar-refractivity contribution < 1.29 is 4.79 Å². The first-order chi connectivity index (χ1) is 8.78. The number of anilines is 1. The number of hydrogen-bond donors (Lipinski definition) is 1. The molecule has 18 heavy (non-hydrogen) atoms. The van der Waals surface area contributed by atoms with Gasteiger partial charge in [-0.3, -0.25) is 4.79 Å². The van der Waals surface area contributed by atoms with E-state index in [9.17, 15) is 4.79 Å². The summed E-state index contributed by atoms with van der Waals surface area (Å²) in [7, 11) is 0. The van der Waals surface area contributed by atoms with E-state index in [1.807, 2.05) is 36.0 Å². The van der Waals surface area contributed by atoms with Crippen LogP contribution in [-0.2, 0) is 10.1 Å². The van der Waals surface area contributed by atoms with Crippen LogP contribution < -0.4 is 5.32 Å². The van der Waals surface area contributed by atoms with Crippen LogP contribution in [0, 0.1) is 5.92 Å². The SMILES string of the molecule is O=C(CC1CCSCC1)Nc1ccc(CBr)cc1. The summed E-state index contributed by atoms with van der Waals surface area (Å²) in [6, 6.07) is 7.99. The third kappa shape index (κ3) is 4.32. The van der Waals surface area contributed by atoms with E-state index in [2.05, 4.69) is 21.2 Å². The van der Waals surface area contributed by atoms with Crippen LogP contribution in [0.5, 0.6) is 0 Å². The van der Waals surface area contributed by atoms with Gasteiger partial charge in [-0.25, -0.2) is 0 Å². The molecular formula is C14H18BrNOS. The fourth-order valence-corrected chi connectivity index (χ4v) is 3.68. The van der Waals surface area contributed by atoms with Crippen LogP contribution in [0.4, 0.5) is 5.69 Å². The van der Waals surface area contributed by atoms with Crippen molar-refractivity contribution in [2.24, 2.45) is 5.92 Å². The highest BCUT2D eigenvalue weighted by molar-refractivity contribution is 9.08. The Bertz CT molecular complexity index is 387. The van der Waals surface area contributed by atoms with Gasteiger partial charge in [0.25, 0.3) is 0 Å². The normalized spacial score (nSPS) is 16.5. The maximum Gasteiger partial charge on any atom is 0.224 e. The first-order valence-electron chi connectivity index (χ1n) is 6.30. The molecule has 1 heterocycles. The molecule has 98 valence electrons. The number of thioether (sulfide) groups is 1. The van der Waals surface area contributed by atoms with Crippen molar-refractivity contribution in [3.05, 3.63) is 29.8 Å². The van der Waals surface area contributed by atoms with Crippen LogP contribution in [0.25, 0.3) is 0 Å². The summed E-state index contributed by atoms with van der Waals surface area (Å²) in [5.41, 5.74) is 2.12. The predicted molar refractivity (Wildman–Crippen MR) is 82.4 cm³/mol. The van der Waals surface area contributed by atoms with Gasteiger partial charge in [-0.1, -0.05) is 28.1 Å². The zero-order valence-electron chi connectivity index (χ0n) is 10.3. The van der Waals surface area contributed by atoms with Crippen LogP contribution in [0.2, 0.25) is 0 Å². The van der Waals surface area contributed by atoms with E-state index in [0.29, 0.717) is 12.3 Å². The molecule has 0 saturated carbocycles. The molecule has 0 radical (unpaired) electrons. The van der Waals surface area contributed by atoms with Crippen molar-refractivity contribution in [3.63, 3.8) is 0 Å². The van der Waals surface area contributed by atoms with Crippen molar-refractivity contribution in [3.8, 4) is 0 Å². The lowest BCUT2D eigenvalue weighted by Gasteiger charge is -2.20. The van der Waals surface area contributed by atoms with Crippen LogP contribution in [0.1, 0.15) is 24.8 Å². The van der Waals surface area contributed by atoms with Gasteiger partial charge in [-0.15, -0.1) is 0 Å². The van der Waals surface area contributed by atoms with Gasteiger partial charge < -0.3 is 5.32 Å². The number of carbonyl (C=O) groups is 1. The molecule has 1 aromatic carbocycles. The van der Waals surface area contributed by atoms with Gasteiger partial charge in [0.1, 0.15) is 0 Å². The lowest BCUT2D eigenvalue weighted by atomic mass is 9.98. The highest BCUT2D eigenvalue weighted by Crippen LogP contribution is 2.25. The van der Waals surface area contributed by atoms with Gasteiger partial charge in [0.2, 0.25) is 5.91 Å². The Balaban J connectivity index is 1.82. The maximum absolute atomic E-state index is 11.9. The average Bonchev–Trinajstić information content (AvgIpc) is 2.40. The van der Waals surface area contributed by atoms with Gasteiger partial charge in [-0.05, 0) is 48.0 Å². The molecule has 1 aliphatic rings. The van der Waals surface area contributed by atoms with Gasteiger partial charge >= 0.3 is 0 Å². The summed E-state index contributed by atoms with van der Waals surface area (Å²) in [5.74, 6) is 3.14. The molecule has 1 amide bonds. The Labute approximate surface area is 121 Å². The van der Waals surface area contributed by atoms with E-state index in [-0.39, 0.29) is 5.91 Å². The number of halogens is 1. The second-order valence-corrected chi connectivity index (χ2v) is 6.42. The molecule has 1 aliphatic heterocycles. The van der Waals surface area contributed by atoms with Gasteiger partial charge in [0.05, 0.1) is 0 Å². The Morgan fingerprint density at radius 1 is 1.28 bits per heavy atom. The largest absolute Gasteiger partial charge is 0.326 e. The Morgan fingerprint density at radius 3 is 2.56 bits per heavy atom. The van der Waals surface area contributed by atoms with E-state index in [0.717, 1.165) is 11.0 Å². The summed E-state index contributed by atoms with van der Waals surface area (Å²) < 4.78 is 0. The van der Waals surface area contributed by atoms with E-state index >= 15 is 0 Å². The number of carbonyl (C=O) groups excluding carboxylic acids is 1. The van der Waals surface area contributed by atoms with Crippen molar-refractivity contribution >= 4 is 39.3 Å². The molecule has 4 heteroatoms. The molecule has 0 aliphatic carbocycles. The summed E-state index contributed by atoms with van der Waals surface area (Å²) >= 11 is 5.41. The van der Waals surface area contributed by atoms with E-state index in [1.54, 1.807) is 0 Å².